The van der Waals surface area contributed by atoms with E-state index in [0.717, 1.165) is 38.2 Å². The largest absolute Gasteiger partial charge is 0.372 e. The number of amides is 2. The SMILES string of the molecule is CCN(CC)c1ccc(C(=O)NNC(=O)CN2CCC[C@H]2c2cccs2)cc1. The molecule has 3 rings (SSSR count). The van der Waals surface area contributed by atoms with Gasteiger partial charge in [0.05, 0.1) is 6.54 Å². The fraction of sp³-hybridized carbons (Fsp3) is 0.429. The summed E-state index contributed by atoms with van der Waals surface area (Å²) in [5.41, 5.74) is 6.67. The Morgan fingerprint density at radius 2 is 1.89 bits per heavy atom. The van der Waals surface area contributed by atoms with Crippen LogP contribution in [0.2, 0.25) is 0 Å². The van der Waals surface area contributed by atoms with Gasteiger partial charge in [0.25, 0.3) is 11.8 Å². The summed E-state index contributed by atoms with van der Waals surface area (Å²) >= 11 is 1.73. The van der Waals surface area contributed by atoms with Crippen molar-refractivity contribution >= 4 is 28.8 Å². The van der Waals surface area contributed by atoms with Crippen LogP contribution < -0.4 is 15.8 Å². The minimum atomic E-state index is -0.310. The van der Waals surface area contributed by atoms with Crippen molar-refractivity contribution in [1.82, 2.24) is 15.8 Å². The van der Waals surface area contributed by atoms with E-state index < -0.39 is 0 Å². The summed E-state index contributed by atoms with van der Waals surface area (Å²) in [7, 11) is 0. The van der Waals surface area contributed by atoms with E-state index in [-0.39, 0.29) is 18.4 Å². The normalized spacial score (nSPS) is 16.7. The molecule has 0 bridgehead atoms. The van der Waals surface area contributed by atoms with Gasteiger partial charge in [0, 0.05) is 35.3 Å². The third-order valence-electron chi connectivity index (χ3n) is 5.16. The Morgan fingerprint density at radius 1 is 1.14 bits per heavy atom. The second-order valence-corrected chi connectivity index (χ2v) is 7.84. The first-order chi connectivity index (χ1) is 13.6. The van der Waals surface area contributed by atoms with Crippen LogP contribution in [-0.2, 0) is 4.79 Å². The van der Waals surface area contributed by atoms with Crippen LogP contribution in [0, 0.1) is 0 Å². The molecule has 0 spiro atoms. The summed E-state index contributed by atoms with van der Waals surface area (Å²) in [6.45, 7) is 7.22. The number of nitrogens with zero attached hydrogens (tertiary/aromatic N) is 2. The van der Waals surface area contributed by atoms with Crippen molar-refractivity contribution in [1.29, 1.82) is 0 Å². The second kappa shape index (κ2) is 9.71. The average Bonchev–Trinajstić information content (AvgIpc) is 3.39. The number of anilines is 1. The van der Waals surface area contributed by atoms with Crippen LogP contribution >= 0.6 is 11.3 Å². The van der Waals surface area contributed by atoms with Crippen molar-refractivity contribution < 1.29 is 9.59 Å². The van der Waals surface area contributed by atoms with E-state index in [4.69, 9.17) is 0 Å². The molecular formula is C21H28N4O2S. The molecule has 1 fully saturated rings. The predicted octanol–water partition coefficient (Wildman–Crippen LogP) is 3.19. The van der Waals surface area contributed by atoms with Gasteiger partial charge in [0.2, 0.25) is 0 Å². The Kier molecular flexibility index (Phi) is 7.06. The minimum Gasteiger partial charge on any atom is -0.372 e. The summed E-state index contributed by atoms with van der Waals surface area (Å²) < 4.78 is 0. The molecule has 1 saturated heterocycles. The Labute approximate surface area is 170 Å². The molecule has 7 heteroatoms. The van der Waals surface area contributed by atoms with Crippen molar-refractivity contribution in [3.05, 3.63) is 52.2 Å². The van der Waals surface area contributed by atoms with Crippen LogP contribution in [0.3, 0.4) is 0 Å². The van der Waals surface area contributed by atoms with E-state index in [1.807, 2.05) is 18.2 Å². The Morgan fingerprint density at radius 3 is 2.54 bits per heavy atom. The highest BCUT2D eigenvalue weighted by Gasteiger charge is 2.28. The summed E-state index contributed by atoms with van der Waals surface area (Å²) in [6.07, 6.45) is 2.15. The second-order valence-electron chi connectivity index (χ2n) is 6.87. The summed E-state index contributed by atoms with van der Waals surface area (Å²) in [6, 6.07) is 11.9. The number of hydrazine groups is 1. The average molecular weight is 401 g/mol. The Balaban J connectivity index is 1.49. The summed E-state index contributed by atoms with van der Waals surface area (Å²) in [4.78, 5) is 30.3. The zero-order valence-corrected chi connectivity index (χ0v) is 17.3. The number of thiophene rings is 1. The lowest BCUT2D eigenvalue weighted by molar-refractivity contribution is -0.123. The molecule has 2 aromatic rings. The smallest absolute Gasteiger partial charge is 0.269 e. The predicted molar refractivity (Wildman–Crippen MR) is 113 cm³/mol. The number of rotatable bonds is 7. The van der Waals surface area contributed by atoms with Gasteiger partial charge in [-0.2, -0.15) is 0 Å². The van der Waals surface area contributed by atoms with Crippen LogP contribution in [0.4, 0.5) is 5.69 Å². The molecule has 0 unspecified atom stereocenters. The standard InChI is InChI=1S/C21H28N4O2S/c1-3-24(4-2)17-11-9-16(10-12-17)21(27)23-22-20(26)15-25-13-5-7-18(25)19-8-6-14-28-19/h6,8-12,14,18H,3-5,7,13,15H2,1-2H3,(H,22,26)(H,23,27)/t18-/m0/s1. The molecule has 2 N–H and O–H groups in total. The first-order valence-corrected chi connectivity index (χ1v) is 10.7. The zero-order valence-electron chi connectivity index (χ0n) is 16.5. The van der Waals surface area contributed by atoms with Crippen molar-refractivity contribution in [3.63, 3.8) is 0 Å². The molecule has 2 amide bonds. The highest BCUT2D eigenvalue weighted by atomic mass is 32.1. The molecule has 1 aromatic carbocycles. The van der Waals surface area contributed by atoms with Crippen molar-refractivity contribution in [2.45, 2.75) is 32.7 Å². The fourth-order valence-electron chi connectivity index (χ4n) is 3.65. The maximum atomic E-state index is 12.3. The molecule has 0 radical (unpaired) electrons. The van der Waals surface area contributed by atoms with Crippen molar-refractivity contribution in [3.8, 4) is 0 Å². The maximum Gasteiger partial charge on any atom is 0.269 e. The van der Waals surface area contributed by atoms with Crippen LogP contribution in [0.1, 0.15) is 48.0 Å². The lowest BCUT2D eigenvalue weighted by Gasteiger charge is -2.23. The van der Waals surface area contributed by atoms with Gasteiger partial charge in [-0.05, 0) is 68.9 Å². The lowest BCUT2D eigenvalue weighted by Crippen LogP contribution is -2.46. The Bertz CT molecular complexity index is 772. The minimum absolute atomic E-state index is 0.198. The van der Waals surface area contributed by atoms with Crippen LogP contribution in [0.25, 0.3) is 0 Å². The first kappa shape index (κ1) is 20.4. The van der Waals surface area contributed by atoms with Gasteiger partial charge in [-0.15, -0.1) is 11.3 Å². The third-order valence-corrected chi connectivity index (χ3v) is 6.13. The van der Waals surface area contributed by atoms with E-state index >= 15 is 0 Å². The van der Waals surface area contributed by atoms with Crippen LogP contribution in [0.5, 0.6) is 0 Å². The van der Waals surface area contributed by atoms with Gasteiger partial charge in [0.15, 0.2) is 0 Å². The van der Waals surface area contributed by atoms with E-state index in [0.29, 0.717) is 11.6 Å². The van der Waals surface area contributed by atoms with Crippen molar-refractivity contribution in [2.24, 2.45) is 0 Å². The molecule has 0 aliphatic carbocycles. The summed E-state index contributed by atoms with van der Waals surface area (Å²) in [5, 5.41) is 2.07. The van der Waals surface area contributed by atoms with E-state index in [9.17, 15) is 9.59 Å². The number of hydrogen-bond acceptors (Lipinski definition) is 5. The molecule has 1 aliphatic heterocycles. The molecule has 1 atom stereocenters. The van der Waals surface area contributed by atoms with E-state index in [1.54, 1.807) is 23.5 Å². The maximum absolute atomic E-state index is 12.3. The van der Waals surface area contributed by atoms with Gasteiger partial charge in [0.1, 0.15) is 0 Å². The molecule has 28 heavy (non-hydrogen) atoms. The first-order valence-electron chi connectivity index (χ1n) is 9.84. The molecule has 6 nitrogen and oxygen atoms in total. The molecule has 0 saturated carbocycles. The monoisotopic (exact) mass is 400 g/mol. The number of hydrogen-bond donors (Lipinski definition) is 2. The van der Waals surface area contributed by atoms with Gasteiger partial charge in [-0.3, -0.25) is 25.3 Å². The molecule has 1 aromatic heterocycles. The molecule has 1 aliphatic rings. The molecular weight excluding hydrogens is 372 g/mol. The van der Waals surface area contributed by atoms with Crippen molar-refractivity contribution in [2.75, 3.05) is 31.1 Å². The van der Waals surface area contributed by atoms with E-state index in [1.165, 1.54) is 4.88 Å². The zero-order chi connectivity index (χ0) is 19.9. The lowest BCUT2D eigenvalue weighted by atomic mass is 10.2. The van der Waals surface area contributed by atoms with Gasteiger partial charge >= 0.3 is 0 Å². The molecule has 150 valence electrons. The number of nitrogens with one attached hydrogen (secondary N) is 2. The number of carbonyl (C=O) groups excluding carboxylic acids is 2. The molecule has 2 heterocycles. The topological polar surface area (TPSA) is 64.7 Å². The van der Waals surface area contributed by atoms with Gasteiger partial charge < -0.3 is 4.90 Å². The summed E-state index contributed by atoms with van der Waals surface area (Å²) in [5.74, 6) is -0.507. The van der Waals surface area contributed by atoms with Gasteiger partial charge in [-0.25, -0.2) is 0 Å². The number of likely N-dealkylation sites (tertiary alicyclic amines) is 1. The third kappa shape index (κ3) is 4.91. The Hall–Kier alpha value is -2.38. The highest BCUT2D eigenvalue weighted by Crippen LogP contribution is 2.33. The van der Waals surface area contributed by atoms with Gasteiger partial charge in [-0.1, -0.05) is 6.07 Å². The van der Waals surface area contributed by atoms with E-state index in [2.05, 4.69) is 45.9 Å². The quantitative estimate of drug-likeness (QED) is 0.701. The number of benzene rings is 1. The highest BCUT2D eigenvalue weighted by molar-refractivity contribution is 7.10. The fourth-order valence-corrected chi connectivity index (χ4v) is 4.55. The number of carbonyl (C=O) groups is 2. The van der Waals surface area contributed by atoms with Crippen LogP contribution in [-0.4, -0.2) is 42.9 Å². The van der Waals surface area contributed by atoms with Crippen LogP contribution in [0.15, 0.2) is 41.8 Å².